The second kappa shape index (κ2) is 5.82. The summed E-state index contributed by atoms with van der Waals surface area (Å²) in [5.74, 6) is -0.0727. The van der Waals surface area contributed by atoms with E-state index in [1.807, 2.05) is 13.8 Å². The molecule has 0 saturated carbocycles. The summed E-state index contributed by atoms with van der Waals surface area (Å²) in [6, 6.07) is -0.225. The maximum atomic E-state index is 12.1. The number of nitrogens with zero attached hydrogens (tertiary/aromatic N) is 1. The molecule has 1 saturated heterocycles. The van der Waals surface area contributed by atoms with Crippen molar-refractivity contribution in [3.05, 3.63) is 0 Å². The Morgan fingerprint density at radius 3 is 2.71 bits per heavy atom. The fraction of sp³-hybridized carbons (Fsp3) is 0.909. The van der Waals surface area contributed by atoms with Gasteiger partial charge in [-0.25, -0.2) is 13.6 Å². The van der Waals surface area contributed by atoms with Crippen LogP contribution in [-0.2, 0) is 14.8 Å². The summed E-state index contributed by atoms with van der Waals surface area (Å²) in [6.07, 6.45) is 3.41. The van der Waals surface area contributed by atoms with Gasteiger partial charge in [0.15, 0.2) is 0 Å². The highest BCUT2D eigenvalue weighted by atomic mass is 32.2. The van der Waals surface area contributed by atoms with Crippen LogP contribution in [0.2, 0.25) is 0 Å². The van der Waals surface area contributed by atoms with Crippen molar-refractivity contribution in [2.75, 3.05) is 12.3 Å². The third-order valence-electron chi connectivity index (χ3n) is 3.23. The average molecular weight is 262 g/mol. The molecule has 2 N–H and O–H groups in total. The largest absolute Gasteiger partial charge is 0.338 e. The van der Waals surface area contributed by atoms with Gasteiger partial charge in [0.1, 0.15) is 0 Å². The molecule has 0 aliphatic carbocycles. The van der Waals surface area contributed by atoms with Crippen molar-refractivity contribution < 1.29 is 13.2 Å². The van der Waals surface area contributed by atoms with Gasteiger partial charge in [-0.3, -0.25) is 4.79 Å². The molecule has 1 fully saturated rings. The summed E-state index contributed by atoms with van der Waals surface area (Å²) in [7, 11) is -3.51. The number of sulfonamides is 1. The lowest BCUT2D eigenvalue weighted by Crippen LogP contribution is -2.43. The zero-order chi connectivity index (χ0) is 13.1. The van der Waals surface area contributed by atoms with Gasteiger partial charge in [0.25, 0.3) is 0 Å². The van der Waals surface area contributed by atoms with E-state index in [0.717, 1.165) is 25.7 Å². The maximum Gasteiger partial charge on any atom is 0.225 e. The van der Waals surface area contributed by atoms with Crippen molar-refractivity contribution in [3.63, 3.8) is 0 Å². The van der Waals surface area contributed by atoms with Crippen molar-refractivity contribution in [2.45, 2.75) is 45.6 Å². The van der Waals surface area contributed by atoms with Crippen LogP contribution < -0.4 is 5.14 Å². The summed E-state index contributed by atoms with van der Waals surface area (Å²) in [5, 5.41) is 5.05. The lowest BCUT2D eigenvalue weighted by atomic mass is 10.0. The Morgan fingerprint density at radius 2 is 2.18 bits per heavy atom. The molecule has 1 amide bonds. The molecule has 1 heterocycles. The van der Waals surface area contributed by atoms with E-state index in [1.54, 1.807) is 4.90 Å². The van der Waals surface area contributed by atoms with Crippen LogP contribution in [0.5, 0.6) is 0 Å². The quantitative estimate of drug-likeness (QED) is 0.792. The summed E-state index contributed by atoms with van der Waals surface area (Å²) in [5.41, 5.74) is 0. The van der Waals surface area contributed by atoms with Gasteiger partial charge in [-0.1, -0.05) is 20.3 Å². The number of rotatable bonds is 5. The zero-order valence-corrected chi connectivity index (χ0v) is 11.4. The number of amides is 1. The van der Waals surface area contributed by atoms with Gasteiger partial charge in [-0.15, -0.1) is 0 Å². The van der Waals surface area contributed by atoms with E-state index in [0.29, 0.717) is 6.54 Å². The Bertz CT molecular complexity index is 367. The predicted molar refractivity (Wildman–Crippen MR) is 66.8 cm³/mol. The highest BCUT2D eigenvalue weighted by Gasteiger charge is 2.33. The lowest BCUT2D eigenvalue weighted by Gasteiger charge is -2.26. The summed E-state index contributed by atoms with van der Waals surface area (Å²) in [6.45, 7) is 4.60. The number of carbonyl (C=O) groups is 1. The Balaban J connectivity index is 2.66. The molecular weight excluding hydrogens is 240 g/mol. The third kappa shape index (κ3) is 4.27. The molecular formula is C11H22N2O3S. The van der Waals surface area contributed by atoms with Crippen LogP contribution in [0.1, 0.15) is 39.5 Å². The molecule has 0 aromatic carbocycles. The fourth-order valence-electron chi connectivity index (χ4n) is 2.41. The number of hydrogen-bond donors (Lipinski definition) is 1. The molecule has 0 bridgehead atoms. The Hall–Kier alpha value is -0.620. The molecule has 17 heavy (non-hydrogen) atoms. The van der Waals surface area contributed by atoms with Crippen LogP contribution in [0.3, 0.4) is 0 Å². The minimum Gasteiger partial charge on any atom is -0.338 e. The number of hydrogen-bond acceptors (Lipinski definition) is 3. The normalized spacial score (nSPS) is 22.8. The first-order chi connectivity index (χ1) is 7.85. The minimum atomic E-state index is -3.51. The first kappa shape index (κ1) is 14.4. The minimum absolute atomic E-state index is 0.0268. The van der Waals surface area contributed by atoms with Gasteiger partial charge in [-0.05, 0) is 19.3 Å². The Morgan fingerprint density at radius 1 is 1.53 bits per heavy atom. The van der Waals surface area contributed by atoms with Crippen LogP contribution >= 0.6 is 0 Å². The highest BCUT2D eigenvalue weighted by Crippen LogP contribution is 2.22. The molecule has 0 radical (unpaired) electrons. The Kier molecular flexibility index (Phi) is 4.94. The standard InChI is InChI=1S/C11H22N2O3S/c1-3-5-9(2)11(14)13-7-4-6-10(13)8-17(12,15)16/h9-10H,3-8H2,1-2H3,(H2,12,15,16). The van der Waals surface area contributed by atoms with E-state index in [4.69, 9.17) is 5.14 Å². The summed E-state index contributed by atoms with van der Waals surface area (Å²) in [4.78, 5) is 13.8. The number of primary sulfonamides is 1. The second-order valence-corrected chi connectivity index (χ2v) is 6.51. The van der Waals surface area contributed by atoms with Crippen molar-refractivity contribution >= 4 is 15.9 Å². The van der Waals surface area contributed by atoms with Crippen molar-refractivity contribution in [2.24, 2.45) is 11.1 Å². The average Bonchev–Trinajstić information content (AvgIpc) is 2.62. The molecule has 0 aromatic heterocycles. The van der Waals surface area contributed by atoms with Crippen LogP contribution in [0, 0.1) is 5.92 Å². The SMILES string of the molecule is CCCC(C)C(=O)N1CCCC1CS(N)(=O)=O. The van der Waals surface area contributed by atoms with Gasteiger partial charge < -0.3 is 4.90 Å². The molecule has 1 rings (SSSR count). The van der Waals surface area contributed by atoms with Gasteiger partial charge in [0.2, 0.25) is 15.9 Å². The van der Waals surface area contributed by atoms with Crippen molar-refractivity contribution in [1.29, 1.82) is 0 Å². The van der Waals surface area contributed by atoms with E-state index in [2.05, 4.69) is 0 Å². The second-order valence-electron chi connectivity index (χ2n) is 4.85. The van der Waals surface area contributed by atoms with Crippen LogP contribution in [0.4, 0.5) is 0 Å². The van der Waals surface area contributed by atoms with E-state index in [-0.39, 0.29) is 23.6 Å². The van der Waals surface area contributed by atoms with E-state index in [9.17, 15) is 13.2 Å². The topological polar surface area (TPSA) is 80.5 Å². The predicted octanol–water partition coefficient (Wildman–Crippen LogP) is 0.702. The van der Waals surface area contributed by atoms with Crippen LogP contribution in [0.25, 0.3) is 0 Å². The molecule has 2 atom stereocenters. The van der Waals surface area contributed by atoms with E-state index in [1.165, 1.54) is 0 Å². The molecule has 5 nitrogen and oxygen atoms in total. The molecule has 0 aromatic rings. The molecule has 1 aliphatic rings. The number of likely N-dealkylation sites (tertiary alicyclic amines) is 1. The monoisotopic (exact) mass is 262 g/mol. The van der Waals surface area contributed by atoms with Crippen LogP contribution in [0.15, 0.2) is 0 Å². The van der Waals surface area contributed by atoms with E-state index < -0.39 is 10.0 Å². The lowest BCUT2D eigenvalue weighted by molar-refractivity contribution is -0.135. The van der Waals surface area contributed by atoms with Crippen LogP contribution in [-0.4, -0.2) is 37.6 Å². The number of carbonyl (C=O) groups excluding carboxylic acids is 1. The first-order valence-corrected chi connectivity index (χ1v) is 7.87. The van der Waals surface area contributed by atoms with Crippen molar-refractivity contribution in [3.8, 4) is 0 Å². The fourth-order valence-corrected chi connectivity index (χ4v) is 3.29. The maximum absolute atomic E-state index is 12.1. The molecule has 1 aliphatic heterocycles. The zero-order valence-electron chi connectivity index (χ0n) is 10.6. The van der Waals surface area contributed by atoms with Gasteiger partial charge in [-0.2, -0.15) is 0 Å². The third-order valence-corrected chi connectivity index (χ3v) is 4.08. The summed E-state index contributed by atoms with van der Waals surface area (Å²) < 4.78 is 22.2. The molecule has 0 spiro atoms. The Labute approximate surface area is 103 Å². The highest BCUT2D eigenvalue weighted by molar-refractivity contribution is 7.89. The molecule has 100 valence electrons. The summed E-state index contributed by atoms with van der Waals surface area (Å²) >= 11 is 0. The first-order valence-electron chi connectivity index (χ1n) is 6.16. The van der Waals surface area contributed by atoms with Crippen molar-refractivity contribution in [1.82, 2.24) is 4.90 Å². The van der Waals surface area contributed by atoms with E-state index >= 15 is 0 Å². The van der Waals surface area contributed by atoms with Gasteiger partial charge >= 0.3 is 0 Å². The molecule has 2 unspecified atom stereocenters. The number of nitrogens with two attached hydrogens (primary N) is 1. The molecule has 6 heteroatoms. The van der Waals surface area contributed by atoms with Gasteiger partial charge in [0, 0.05) is 18.5 Å². The van der Waals surface area contributed by atoms with Gasteiger partial charge in [0.05, 0.1) is 5.75 Å². The smallest absolute Gasteiger partial charge is 0.225 e.